The number of allylic oxidation sites excluding steroid dienone is 1. The van der Waals surface area contributed by atoms with E-state index in [-0.39, 0.29) is 5.91 Å². The molecule has 0 saturated heterocycles. The van der Waals surface area contributed by atoms with Crippen molar-refractivity contribution in [2.75, 3.05) is 6.54 Å². The van der Waals surface area contributed by atoms with Crippen molar-refractivity contribution in [2.24, 2.45) is 0 Å². The van der Waals surface area contributed by atoms with Crippen LogP contribution < -0.4 is 5.32 Å². The predicted molar refractivity (Wildman–Crippen MR) is 87.4 cm³/mol. The van der Waals surface area contributed by atoms with Crippen LogP contribution in [-0.2, 0) is 0 Å². The maximum atomic E-state index is 12.5. The van der Waals surface area contributed by atoms with Crippen LogP contribution in [0.1, 0.15) is 48.3 Å². The molecule has 120 valence electrons. The Kier molecular flexibility index (Phi) is 4.80. The van der Waals surface area contributed by atoms with Crippen LogP contribution in [0.4, 0.5) is 0 Å². The van der Waals surface area contributed by atoms with E-state index in [4.69, 9.17) is 0 Å². The van der Waals surface area contributed by atoms with Gasteiger partial charge >= 0.3 is 0 Å². The molecule has 1 heterocycles. The Hall–Kier alpha value is -2.50. The number of nitrogens with one attached hydrogen (secondary N) is 1. The highest BCUT2D eigenvalue weighted by atomic mass is 16.1. The first-order chi connectivity index (χ1) is 11.3. The van der Waals surface area contributed by atoms with E-state index in [9.17, 15) is 4.79 Å². The number of tetrazole rings is 1. The summed E-state index contributed by atoms with van der Waals surface area (Å²) in [6.45, 7) is 2.47. The number of para-hydroxylation sites is 1. The van der Waals surface area contributed by atoms with E-state index in [1.54, 1.807) is 10.7 Å². The van der Waals surface area contributed by atoms with Gasteiger partial charge in [-0.25, -0.2) is 0 Å². The zero-order valence-corrected chi connectivity index (χ0v) is 13.3. The van der Waals surface area contributed by atoms with Crippen LogP contribution in [0.15, 0.2) is 35.9 Å². The molecule has 2 aromatic rings. The van der Waals surface area contributed by atoms with Crippen LogP contribution in [-0.4, -0.2) is 32.7 Å². The van der Waals surface area contributed by atoms with Crippen molar-refractivity contribution < 1.29 is 4.79 Å². The van der Waals surface area contributed by atoms with Crippen LogP contribution in [0.3, 0.4) is 0 Å². The molecule has 1 amide bonds. The SMILES string of the molecule is Cc1nnnn1-c1ccccc1C(=O)NCCC1=CCCCC1. The van der Waals surface area contributed by atoms with Gasteiger partial charge in [-0.05, 0) is 61.6 Å². The molecule has 0 aliphatic heterocycles. The van der Waals surface area contributed by atoms with Crippen molar-refractivity contribution in [3.8, 4) is 5.69 Å². The summed E-state index contributed by atoms with van der Waals surface area (Å²) in [7, 11) is 0. The molecule has 0 spiro atoms. The molecule has 6 nitrogen and oxygen atoms in total. The Bertz CT molecular complexity index is 719. The van der Waals surface area contributed by atoms with Gasteiger partial charge in [-0.1, -0.05) is 23.8 Å². The fraction of sp³-hybridized carbons (Fsp3) is 0.412. The fourth-order valence-corrected chi connectivity index (χ4v) is 2.87. The maximum Gasteiger partial charge on any atom is 0.253 e. The van der Waals surface area contributed by atoms with E-state index in [1.165, 1.54) is 24.8 Å². The molecule has 1 aromatic carbocycles. The third-order valence-corrected chi connectivity index (χ3v) is 4.12. The number of aromatic nitrogens is 4. The number of carbonyl (C=O) groups excluding carboxylic acids is 1. The molecule has 0 radical (unpaired) electrons. The fourth-order valence-electron chi connectivity index (χ4n) is 2.87. The molecule has 6 heteroatoms. The van der Waals surface area contributed by atoms with Gasteiger partial charge < -0.3 is 5.32 Å². The Balaban J connectivity index is 1.68. The molecule has 0 unspecified atom stereocenters. The predicted octanol–water partition coefficient (Wildman–Crippen LogP) is 2.59. The number of nitrogens with zero attached hydrogens (tertiary/aromatic N) is 4. The minimum absolute atomic E-state index is 0.0908. The molecule has 0 saturated carbocycles. The lowest BCUT2D eigenvalue weighted by Crippen LogP contribution is -2.26. The topological polar surface area (TPSA) is 72.7 Å². The number of benzene rings is 1. The zero-order chi connectivity index (χ0) is 16.1. The summed E-state index contributed by atoms with van der Waals surface area (Å²) in [6.07, 6.45) is 8.13. The normalized spacial score (nSPS) is 14.4. The van der Waals surface area contributed by atoms with Crippen molar-refractivity contribution in [1.29, 1.82) is 0 Å². The summed E-state index contributed by atoms with van der Waals surface area (Å²) in [5, 5.41) is 14.5. The Morgan fingerprint density at radius 1 is 1.30 bits per heavy atom. The Labute approximate surface area is 135 Å². The van der Waals surface area contributed by atoms with E-state index in [0.29, 0.717) is 23.6 Å². The summed E-state index contributed by atoms with van der Waals surface area (Å²) in [5.74, 6) is 0.560. The average Bonchev–Trinajstić information content (AvgIpc) is 3.01. The second-order valence-corrected chi connectivity index (χ2v) is 5.77. The Morgan fingerprint density at radius 2 is 2.17 bits per heavy atom. The second-order valence-electron chi connectivity index (χ2n) is 5.77. The number of hydrogen-bond acceptors (Lipinski definition) is 4. The first-order valence-electron chi connectivity index (χ1n) is 8.06. The van der Waals surface area contributed by atoms with Crippen molar-refractivity contribution in [3.63, 3.8) is 0 Å². The van der Waals surface area contributed by atoms with Gasteiger partial charge in [-0.15, -0.1) is 5.10 Å². The number of amides is 1. The summed E-state index contributed by atoms with van der Waals surface area (Å²) in [5.41, 5.74) is 2.74. The summed E-state index contributed by atoms with van der Waals surface area (Å²) < 4.78 is 1.58. The van der Waals surface area contributed by atoms with E-state index < -0.39 is 0 Å². The highest BCUT2D eigenvalue weighted by Crippen LogP contribution is 2.19. The highest BCUT2D eigenvalue weighted by molar-refractivity contribution is 5.97. The van der Waals surface area contributed by atoms with E-state index in [2.05, 4.69) is 26.9 Å². The number of rotatable bonds is 5. The molecular formula is C17H21N5O. The van der Waals surface area contributed by atoms with Gasteiger partial charge in [0.1, 0.15) is 0 Å². The summed E-state index contributed by atoms with van der Waals surface area (Å²) in [6, 6.07) is 7.37. The standard InChI is InChI=1S/C17H21N5O/c1-13-19-20-21-22(13)16-10-6-5-9-15(16)17(23)18-12-11-14-7-3-2-4-8-14/h5-7,9-10H,2-4,8,11-12H2,1H3,(H,18,23). The maximum absolute atomic E-state index is 12.5. The van der Waals surface area contributed by atoms with Gasteiger partial charge in [0.05, 0.1) is 11.3 Å². The Morgan fingerprint density at radius 3 is 2.91 bits per heavy atom. The lowest BCUT2D eigenvalue weighted by molar-refractivity contribution is 0.0954. The van der Waals surface area contributed by atoms with Crippen molar-refractivity contribution in [3.05, 3.63) is 47.3 Å². The van der Waals surface area contributed by atoms with Crippen molar-refractivity contribution in [2.45, 2.75) is 39.0 Å². The summed E-state index contributed by atoms with van der Waals surface area (Å²) in [4.78, 5) is 12.5. The molecule has 0 bridgehead atoms. The van der Waals surface area contributed by atoms with Crippen molar-refractivity contribution >= 4 is 5.91 Å². The van der Waals surface area contributed by atoms with E-state index in [0.717, 1.165) is 12.8 Å². The van der Waals surface area contributed by atoms with Gasteiger partial charge in [-0.3, -0.25) is 4.79 Å². The molecule has 1 N–H and O–H groups in total. The van der Waals surface area contributed by atoms with Gasteiger partial charge in [0.15, 0.2) is 5.82 Å². The van der Waals surface area contributed by atoms with Crippen LogP contribution in [0.25, 0.3) is 5.69 Å². The molecule has 23 heavy (non-hydrogen) atoms. The monoisotopic (exact) mass is 311 g/mol. The van der Waals surface area contributed by atoms with E-state index >= 15 is 0 Å². The van der Waals surface area contributed by atoms with Gasteiger partial charge in [-0.2, -0.15) is 4.68 Å². The van der Waals surface area contributed by atoms with Crippen LogP contribution >= 0.6 is 0 Å². The molecule has 1 aliphatic carbocycles. The average molecular weight is 311 g/mol. The quantitative estimate of drug-likeness (QED) is 0.861. The molecule has 3 rings (SSSR count). The third kappa shape index (κ3) is 3.64. The lowest BCUT2D eigenvalue weighted by Gasteiger charge is -2.14. The van der Waals surface area contributed by atoms with Gasteiger partial charge in [0.25, 0.3) is 5.91 Å². The molecule has 0 atom stereocenters. The van der Waals surface area contributed by atoms with Gasteiger partial charge in [0.2, 0.25) is 0 Å². The third-order valence-electron chi connectivity index (χ3n) is 4.12. The lowest BCUT2D eigenvalue weighted by atomic mass is 9.97. The van der Waals surface area contributed by atoms with Crippen LogP contribution in [0, 0.1) is 6.92 Å². The molecule has 0 fully saturated rings. The number of aryl methyl sites for hydroxylation is 1. The second kappa shape index (κ2) is 7.17. The minimum Gasteiger partial charge on any atom is -0.352 e. The number of carbonyl (C=O) groups is 1. The van der Waals surface area contributed by atoms with Crippen LogP contribution in [0.2, 0.25) is 0 Å². The first kappa shape index (κ1) is 15.4. The molecular weight excluding hydrogens is 290 g/mol. The zero-order valence-electron chi connectivity index (χ0n) is 13.3. The van der Waals surface area contributed by atoms with Crippen LogP contribution in [0.5, 0.6) is 0 Å². The summed E-state index contributed by atoms with van der Waals surface area (Å²) >= 11 is 0. The smallest absolute Gasteiger partial charge is 0.253 e. The minimum atomic E-state index is -0.0908. The number of hydrogen-bond donors (Lipinski definition) is 1. The largest absolute Gasteiger partial charge is 0.352 e. The molecule has 1 aromatic heterocycles. The van der Waals surface area contributed by atoms with Gasteiger partial charge in [0, 0.05) is 6.54 Å². The highest BCUT2D eigenvalue weighted by Gasteiger charge is 2.14. The van der Waals surface area contributed by atoms with E-state index in [1.807, 2.05) is 25.1 Å². The molecule has 1 aliphatic rings. The first-order valence-corrected chi connectivity index (χ1v) is 8.06. The van der Waals surface area contributed by atoms with Crippen molar-refractivity contribution in [1.82, 2.24) is 25.5 Å².